The normalized spacial score (nSPS) is 11.8. The Morgan fingerprint density at radius 3 is 2.57 bits per heavy atom. The molecule has 1 radical (unpaired) electrons. The molecule has 23 heavy (non-hydrogen) atoms. The number of oxime groups is 1. The molecule has 0 saturated carbocycles. The molecule has 0 fully saturated rings. The van der Waals surface area contributed by atoms with Gasteiger partial charge in [-0.1, -0.05) is 5.16 Å². The van der Waals surface area contributed by atoms with Crippen LogP contribution >= 0.6 is 0 Å². The largest absolute Gasteiger partial charge is 0.451 e. The van der Waals surface area contributed by atoms with Crippen LogP contribution in [0, 0.1) is 0 Å². The van der Waals surface area contributed by atoms with E-state index in [1.807, 2.05) is 0 Å². The summed E-state index contributed by atoms with van der Waals surface area (Å²) in [4.78, 5) is 27.2. The van der Waals surface area contributed by atoms with E-state index in [1.165, 1.54) is 14.0 Å². The Labute approximate surface area is 154 Å². The summed E-state index contributed by atoms with van der Waals surface area (Å²) in [6.45, 7) is 1.36. The molecule has 0 saturated heterocycles. The zero-order valence-corrected chi connectivity index (χ0v) is 15.1. The molecule has 0 aromatic carbocycles. The molecule has 1 heterocycles. The molecule has 0 bridgehead atoms. The quantitative estimate of drug-likeness (QED) is 0.444. The summed E-state index contributed by atoms with van der Waals surface area (Å²) in [5, 5.41) is 8.89. The maximum atomic E-state index is 12.6. The summed E-state index contributed by atoms with van der Waals surface area (Å²) in [6.07, 6.45) is -1.85. The van der Waals surface area contributed by atoms with E-state index in [0.717, 1.165) is 13.3 Å². The predicted octanol–water partition coefficient (Wildman–Crippen LogP) is 0.851. The third-order valence-corrected chi connectivity index (χ3v) is 2.11. The molecule has 12 heteroatoms. The maximum Gasteiger partial charge on any atom is 0.451 e. The van der Waals surface area contributed by atoms with Gasteiger partial charge in [0.25, 0.3) is 11.8 Å². The first-order chi connectivity index (χ1) is 10.3. The fourth-order valence-corrected chi connectivity index (χ4v) is 1.25. The monoisotopic (exact) mass is 407 g/mol. The maximum absolute atomic E-state index is 12.6. The molecule has 0 unspecified atom stereocenters. The Balaban J connectivity index is 0.00000484. The molecule has 1 N–H and O–H groups in total. The summed E-state index contributed by atoms with van der Waals surface area (Å²) in [6, 6.07) is 0. The molecule has 1 aromatic rings. The van der Waals surface area contributed by atoms with Gasteiger partial charge in [-0.15, -0.1) is 0 Å². The van der Waals surface area contributed by atoms with Gasteiger partial charge >= 0.3 is 6.18 Å². The number of likely N-dealkylation sites (N-methyl/N-ethyl adjacent to an activating group) is 1. The van der Waals surface area contributed by atoms with Crippen LogP contribution in [0.1, 0.15) is 18.3 Å². The third kappa shape index (κ3) is 5.83. The van der Waals surface area contributed by atoms with Gasteiger partial charge in [-0.25, -0.2) is 4.98 Å². The average Bonchev–Trinajstić information content (AvgIpc) is 2.48. The number of nitrogens with zero attached hydrogens (tertiary/aromatic N) is 4. The summed E-state index contributed by atoms with van der Waals surface area (Å²) >= 11 is 0. The molecule has 123 valence electrons. The van der Waals surface area contributed by atoms with Crippen molar-refractivity contribution in [2.45, 2.75) is 13.1 Å². The average molecular weight is 407 g/mol. The van der Waals surface area contributed by atoms with Crippen LogP contribution in [0.2, 0.25) is 0 Å². The zero-order chi connectivity index (χ0) is 16.8. The number of alkyl halides is 3. The van der Waals surface area contributed by atoms with Crippen LogP contribution in [0.3, 0.4) is 0 Å². The van der Waals surface area contributed by atoms with Gasteiger partial charge < -0.3 is 26.4 Å². The summed E-state index contributed by atoms with van der Waals surface area (Å²) < 4.78 is 37.9. The van der Waals surface area contributed by atoms with Gasteiger partial charge in [-0.2, -0.15) is 25.1 Å². The van der Waals surface area contributed by atoms with Crippen molar-refractivity contribution in [1.29, 1.82) is 0 Å². The van der Waals surface area contributed by atoms with Crippen molar-refractivity contribution in [3.05, 3.63) is 17.6 Å². The van der Waals surface area contributed by atoms with Crippen LogP contribution in [-0.2, 0) is 48.5 Å². The minimum atomic E-state index is -4.79. The van der Waals surface area contributed by atoms with Crippen molar-refractivity contribution in [1.82, 2.24) is 15.3 Å². The van der Waals surface area contributed by atoms with Gasteiger partial charge in [0, 0.05) is 46.0 Å². The fraction of sp³-hybridized carbons (Fsp3) is 0.364. The van der Waals surface area contributed by atoms with Crippen LogP contribution in [0.15, 0.2) is 16.5 Å². The molecule has 8 nitrogen and oxygen atoms in total. The number of carbonyl (C=O) groups is 1. The van der Waals surface area contributed by atoms with Crippen LogP contribution in [-0.4, -0.2) is 42.0 Å². The van der Waals surface area contributed by atoms with Gasteiger partial charge in [0.1, 0.15) is 7.11 Å². The first kappa shape index (κ1) is 21.4. The topological polar surface area (TPSA) is 98.1 Å². The molecule has 0 spiro atoms. The van der Waals surface area contributed by atoms with Gasteiger partial charge in [-0.3, -0.25) is 4.79 Å². The number of hydrogen-bond donors (Lipinski definition) is 1. The second-order valence-electron chi connectivity index (χ2n) is 3.52. The Bertz CT molecular complexity index is 607. The molecule has 0 aliphatic heterocycles. The van der Waals surface area contributed by atoms with Crippen LogP contribution in [0.4, 0.5) is 13.2 Å². The number of carbonyl (C=O) groups excluding carboxylic acids is 1. The number of hydrogen-bond acceptors (Lipinski definition) is 7. The van der Waals surface area contributed by atoms with Gasteiger partial charge in [0.15, 0.2) is 5.71 Å². The zero-order valence-electron chi connectivity index (χ0n) is 12.3. The minimum absolute atomic E-state index is 0. The molecular formula is C11H11F3N5O3Y-. The Kier molecular flexibility index (Phi) is 8.84. The summed E-state index contributed by atoms with van der Waals surface area (Å²) in [5.41, 5.74) is -0.603. The Morgan fingerprint density at radius 1 is 1.43 bits per heavy atom. The first-order valence-electron chi connectivity index (χ1n) is 5.66. The summed E-state index contributed by atoms with van der Waals surface area (Å²) in [7, 11) is 2.46. The van der Waals surface area contributed by atoms with Gasteiger partial charge in [0.2, 0.25) is 5.82 Å². The van der Waals surface area contributed by atoms with E-state index in [9.17, 15) is 18.0 Å². The Hall–Kier alpha value is -1.62. The van der Waals surface area contributed by atoms with E-state index < -0.39 is 23.8 Å². The molecule has 0 atom stereocenters. The smallest absolute Gasteiger partial charge is 0.398 e. The number of amides is 1. The van der Waals surface area contributed by atoms with Crippen molar-refractivity contribution in [3.63, 3.8) is 0 Å². The number of halogens is 3. The van der Waals surface area contributed by atoms with Gasteiger partial charge in [0.05, 0.1) is 5.56 Å². The van der Waals surface area contributed by atoms with Crippen LogP contribution in [0.5, 0.6) is 5.88 Å². The molecule has 0 aliphatic carbocycles. The van der Waals surface area contributed by atoms with E-state index in [1.54, 1.807) is 0 Å². The van der Waals surface area contributed by atoms with Gasteiger partial charge in [-0.05, 0) is 0 Å². The van der Waals surface area contributed by atoms with Crippen molar-refractivity contribution in [2.24, 2.45) is 10.3 Å². The number of rotatable bonds is 5. The summed E-state index contributed by atoms with van der Waals surface area (Å²) in [5.74, 6) is -2.80. The standard InChI is InChI=1S/C11H11F3N5O3.Y/c1-4-17-22-9-6(7(19-21-3)8(20)15-2)5-16-10(18-9)11(12,13)14;/h5H,1-3H3,(H,15,20);/q-1;/b19-7+;. The van der Waals surface area contributed by atoms with Crippen molar-refractivity contribution >= 4 is 17.8 Å². The van der Waals surface area contributed by atoms with E-state index in [4.69, 9.17) is 4.84 Å². The van der Waals surface area contributed by atoms with Crippen molar-refractivity contribution < 1.29 is 60.4 Å². The fourth-order valence-electron chi connectivity index (χ4n) is 1.25. The van der Waals surface area contributed by atoms with Crippen LogP contribution < -0.4 is 10.2 Å². The van der Waals surface area contributed by atoms with E-state index >= 15 is 0 Å². The SMILES string of the molecule is C[C-]=NOc1nc(C(F)(F)F)ncc1/C(=N\OC)C(=O)NC.[Y]. The second-order valence-corrected chi connectivity index (χ2v) is 3.52. The van der Waals surface area contributed by atoms with E-state index in [0.29, 0.717) is 0 Å². The second kappa shape index (κ2) is 9.51. The van der Waals surface area contributed by atoms with E-state index in [2.05, 4.69) is 36.6 Å². The molecule has 1 amide bonds. The number of aromatic nitrogens is 2. The first-order valence-corrected chi connectivity index (χ1v) is 5.66. The Morgan fingerprint density at radius 2 is 2.09 bits per heavy atom. The van der Waals surface area contributed by atoms with Crippen LogP contribution in [0.25, 0.3) is 0 Å². The molecule has 0 aliphatic rings. The van der Waals surface area contributed by atoms with Crippen molar-refractivity contribution in [3.8, 4) is 5.88 Å². The molecule has 1 rings (SSSR count). The third-order valence-electron chi connectivity index (χ3n) is 2.11. The minimum Gasteiger partial charge on any atom is -0.398 e. The molecule has 1 aromatic heterocycles. The van der Waals surface area contributed by atoms with Crippen molar-refractivity contribution in [2.75, 3.05) is 14.2 Å². The molecular weight excluding hydrogens is 396 g/mol. The van der Waals surface area contributed by atoms with E-state index in [-0.39, 0.29) is 44.0 Å². The predicted molar refractivity (Wildman–Crippen MR) is 68.4 cm³/mol. The number of nitrogens with one attached hydrogen (secondary N) is 1.